The fourth-order valence-corrected chi connectivity index (χ4v) is 4.62. The predicted molar refractivity (Wildman–Crippen MR) is 99.0 cm³/mol. The van der Waals surface area contributed by atoms with Gasteiger partial charge in [-0.3, -0.25) is 4.79 Å². The van der Waals surface area contributed by atoms with Crippen LogP contribution in [0.3, 0.4) is 0 Å². The maximum Gasteiger partial charge on any atom is 0.310 e. The molecular weight excluding hydrogens is 316 g/mol. The van der Waals surface area contributed by atoms with E-state index >= 15 is 0 Å². The van der Waals surface area contributed by atoms with Gasteiger partial charge >= 0.3 is 5.97 Å². The summed E-state index contributed by atoms with van der Waals surface area (Å²) in [4.78, 5) is 11.3. The van der Waals surface area contributed by atoms with Crippen LogP contribution in [0.5, 0.6) is 0 Å². The van der Waals surface area contributed by atoms with E-state index in [4.69, 9.17) is 0 Å². The molecule has 3 unspecified atom stereocenters. The highest BCUT2D eigenvalue weighted by Gasteiger charge is 2.45. The number of aliphatic hydroxyl groups is 2. The molecule has 0 saturated heterocycles. The second-order valence-corrected chi connectivity index (χ2v) is 8.03. The molecule has 0 aromatic carbocycles. The standard InChI is InChI=1S/C21H34O4/c1-4-6-13(3)19(22)8-7-17-18-11-14(9-15(5-2)21(24)25)10-16(18)12-20(17)23/h7-9,13,15-20,22-23H,4-6,10-12H2,1-3H3,(H,24,25)/b8-7+,14-9+/t13?,15?,16-,17+,18-,19+,20?/m0/s1. The quantitative estimate of drug-likeness (QED) is 0.582. The Labute approximate surface area is 151 Å². The summed E-state index contributed by atoms with van der Waals surface area (Å²) in [5, 5.41) is 29.9. The number of hydrogen-bond donors (Lipinski definition) is 3. The molecule has 0 spiro atoms. The molecule has 0 heterocycles. The van der Waals surface area contributed by atoms with Crippen molar-refractivity contribution in [2.45, 2.75) is 71.5 Å². The van der Waals surface area contributed by atoms with Crippen LogP contribution in [0, 0.1) is 29.6 Å². The Hall–Kier alpha value is -1.13. The first-order valence-corrected chi connectivity index (χ1v) is 9.84. The molecule has 142 valence electrons. The van der Waals surface area contributed by atoms with Crippen LogP contribution in [0.15, 0.2) is 23.8 Å². The van der Waals surface area contributed by atoms with Crippen molar-refractivity contribution < 1.29 is 20.1 Å². The minimum absolute atomic E-state index is 0.0734. The second kappa shape index (κ2) is 9.00. The number of rotatable bonds is 8. The third-order valence-corrected chi connectivity index (χ3v) is 6.16. The van der Waals surface area contributed by atoms with Gasteiger partial charge in [0.25, 0.3) is 0 Å². The van der Waals surface area contributed by atoms with Gasteiger partial charge in [-0.15, -0.1) is 0 Å². The lowest BCUT2D eigenvalue weighted by atomic mass is 9.89. The molecule has 0 bridgehead atoms. The average molecular weight is 350 g/mol. The monoisotopic (exact) mass is 350 g/mol. The number of aliphatic carboxylic acids is 1. The molecule has 4 heteroatoms. The Bertz CT molecular complexity index is 510. The van der Waals surface area contributed by atoms with Gasteiger partial charge in [-0.2, -0.15) is 0 Å². The van der Waals surface area contributed by atoms with Gasteiger partial charge in [0.2, 0.25) is 0 Å². The fraction of sp³-hybridized carbons (Fsp3) is 0.762. The second-order valence-electron chi connectivity index (χ2n) is 8.03. The molecule has 3 N–H and O–H groups in total. The van der Waals surface area contributed by atoms with Crippen LogP contribution in [0.1, 0.15) is 59.3 Å². The third kappa shape index (κ3) is 4.95. The maximum absolute atomic E-state index is 11.3. The van der Waals surface area contributed by atoms with Gasteiger partial charge in [0.05, 0.1) is 18.1 Å². The van der Waals surface area contributed by atoms with Gasteiger partial charge in [0.15, 0.2) is 0 Å². The van der Waals surface area contributed by atoms with Crippen molar-refractivity contribution in [2.24, 2.45) is 29.6 Å². The summed E-state index contributed by atoms with van der Waals surface area (Å²) in [6.07, 6.45) is 10.2. The molecule has 25 heavy (non-hydrogen) atoms. The summed E-state index contributed by atoms with van der Waals surface area (Å²) in [6.45, 7) is 6.07. The van der Waals surface area contributed by atoms with E-state index in [0.29, 0.717) is 18.3 Å². The van der Waals surface area contributed by atoms with Gasteiger partial charge in [0, 0.05) is 5.92 Å². The molecular formula is C21H34O4. The van der Waals surface area contributed by atoms with Crippen molar-refractivity contribution in [3.05, 3.63) is 23.8 Å². The van der Waals surface area contributed by atoms with Crippen molar-refractivity contribution in [2.75, 3.05) is 0 Å². The van der Waals surface area contributed by atoms with Gasteiger partial charge < -0.3 is 15.3 Å². The number of fused-ring (bicyclic) bond motifs is 1. The summed E-state index contributed by atoms with van der Waals surface area (Å²) in [5.41, 5.74) is 1.23. The zero-order chi connectivity index (χ0) is 18.6. The molecule has 7 atom stereocenters. The summed E-state index contributed by atoms with van der Waals surface area (Å²) in [7, 11) is 0. The van der Waals surface area contributed by atoms with E-state index < -0.39 is 18.0 Å². The lowest BCUT2D eigenvalue weighted by molar-refractivity contribution is -0.140. The Morgan fingerprint density at radius 3 is 2.64 bits per heavy atom. The fourth-order valence-electron chi connectivity index (χ4n) is 4.62. The van der Waals surface area contributed by atoms with Crippen LogP contribution < -0.4 is 0 Å². The molecule has 2 saturated carbocycles. The molecule has 4 nitrogen and oxygen atoms in total. The van der Waals surface area contributed by atoms with Crippen molar-refractivity contribution in [1.82, 2.24) is 0 Å². The van der Waals surface area contributed by atoms with Gasteiger partial charge in [-0.05, 0) is 49.9 Å². The van der Waals surface area contributed by atoms with Gasteiger partial charge in [-0.1, -0.05) is 51.0 Å². The lowest BCUT2D eigenvalue weighted by Crippen LogP contribution is -2.19. The first-order valence-electron chi connectivity index (χ1n) is 9.84. The SMILES string of the molecule is CCCC(C)[C@H](O)/C=C/[C@H]1C(O)C[C@@H]2C/C(=C\C(CC)C(=O)O)C[C@@H]21. The molecule has 2 rings (SSSR count). The summed E-state index contributed by atoms with van der Waals surface area (Å²) >= 11 is 0. The minimum Gasteiger partial charge on any atom is -0.481 e. The van der Waals surface area contributed by atoms with Gasteiger partial charge in [-0.25, -0.2) is 0 Å². The topological polar surface area (TPSA) is 77.8 Å². The highest BCUT2D eigenvalue weighted by Crippen LogP contribution is 2.50. The zero-order valence-electron chi connectivity index (χ0n) is 15.8. The summed E-state index contributed by atoms with van der Waals surface area (Å²) < 4.78 is 0. The van der Waals surface area contributed by atoms with E-state index in [9.17, 15) is 20.1 Å². The first kappa shape index (κ1) is 20.2. The molecule has 2 aliphatic rings. The van der Waals surface area contributed by atoms with Crippen LogP contribution in [0.4, 0.5) is 0 Å². The number of hydrogen-bond acceptors (Lipinski definition) is 3. The lowest BCUT2D eigenvalue weighted by Gasteiger charge is -2.19. The predicted octanol–water partition coefficient (Wildman–Crippen LogP) is 3.78. The van der Waals surface area contributed by atoms with Crippen LogP contribution >= 0.6 is 0 Å². The highest BCUT2D eigenvalue weighted by atomic mass is 16.4. The van der Waals surface area contributed by atoms with Crippen LogP contribution in [0.25, 0.3) is 0 Å². The Kier molecular flexibility index (Phi) is 7.26. The Morgan fingerprint density at radius 2 is 2.04 bits per heavy atom. The van der Waals surface area contributed by atoms with Crippen molar-refractivity contribution in [1.29, 1.82) is 0 Å². The molecule has 0 aromatic rings. The van der Waals surface area contributed by atoms with E-state index in [1.54, 1.807) is 0 Å². The van der Waals surface area contributed by atoms with Gasteiger partial charge in [0.1, 0.15) is 0 Å². The molecule has 0 radical (unpaired) electrons. The number of allylic oxidation sites excluding steroid dienone is 1. The maximum atomic E-state index is 11.3. The largest absolute Gasteiger partial charge is 0.481 e. The van der Waals surface area contributed by atoms with Crippen molar-refractivity contribution in [3.8, 4) is 0 Å². The van der Waals surface area contributed by atoms with E-state index in [0.717, 1.165) is 32.1 Å². The van der Waals surface area contributed by atoms with E-state index in [2.05, 4.69) is 13.8 Å². The molecule has 0 aromatic heterocycles. The summed E-state index contributed by atoms with van der Waals surface area (Å²) in [6, 6.07) is 0. The van der Waals surface area contributed by atoms with E-state index in [1.165, 1.54) is 5.57 Å². The first-order chi connectivity index (χ1) is 11.9. The smallest absolute Gasteiger partial charge is 0.310 e. The molecule has 2 aliphatic carbocycles. The zero-order valence-corrected chi connectivity index (χ0v) is 15.8. The number of carbonyl (C=O) groups is 1. The van der Waals surface area contributed by atoms with E-state index in [-0.39, 0.29) is 17.9 Å². The third-order valence-electron chi connectivity index (χ3n) is 6.16. The number of carboxylic acid groups (broad SMARTS) is 1. The summed E-state index contributed by atoms with van der Waals surface area (Å²) in [5.74, 6) is -0.0364. The average Bonchev–Trinajstić information content (AvgIpc) is 3.06. The normalized spacial score (nSPS) is 34.4. The van der Waals surface area contributed by atoms with Crippen molar-refractivity contribution in [3.63, 3.8) is 0 Å². The number of aliphatic hydroxyl groups excluding tert-OH is 2. The van der Waals surface area contributed by atoms with Crippen LogP contribution in [-0.2, 0) is 4.79 Å². The molecule has 2 fully saturated rings. The van der Waals surface area contributed by atoms with Crippen LogP contribution in [-0.4, -0.2) is 33.5 Å². The van der Waals surface area contributed by atoms with E-state index in [1.807, 2.05) is 25.2 Å². The molecule has 0 aliphatic heterocycles. The highest BCUT2D eigenvalue weighted by molar-refractivity contribution is 5.72. The minimum atomic E-state index is -0.753. The van der Waals surface area contributed by atoms with Crippen LogP contribution in [0.2, 0.25) is 0 Å². The number of carboxylic acids is 1. The Morgan fingerprint density at radius 1 is 1.32 bits per heavy atom. The van der Waals surface area contributed by atoms with Crippen molar-refractivity contribution >= 4 is 5.97 Å². The Balaban J connectivity index is 2.02. The molecule has 0 amide bonds.